The van der Waals surface area contributed by atoms with Crippen molar-refractivity contribution in [2.75, 3.05) is 0 Å². The van der Waals surface area contributed by atoms with Crippen LogP contribution >= 0.6 is 0 Å². The molecule has 5 rings (SSSR count). The number of aliphatic hydroxyl groups excluding tert-OH is 1. The molecule has 0 fully saturated rings. The van der Waals surface area contributed by atoms with Crippen LogP contribution in [-0.4, -0.2) is 14.9 Å². The first-order valence-electron chi connectivity index (χ1n) is 10.6. The van der Waals surface area contributed by atoms with Crippen molar-refractivity contribution in [3.8, 4) is 5.69 Å². The quantitative estimate of drug-likeness (QED) is 0.430. The maximum atomic E-state index is 13.3. The van der Waals surface area contributed by atoms with E-state index in [1.54, 1.807) is 12.1 Å². The predicted octanol–water partition coefficient (Wildman–Crippen LogP) is 6.25. The Morgan fingerprint density at radius 3 is 2.61 bits per heavy atom. The molecule has 31 heavy (non-hydrogen) atoms. The third-order valence-corrected chi connectivity index (χ3v) is 6.67. The summed E-state index contributed by atoms with van der Waals surface area (Å²) in [7, 11) is 0. The van der Waals surface area contributed by atoms with Gasteiger partial charge in [0.2, 0.25) is 0 Å². The summed E-state index contributed by atoms with van der Waals surface area (Å²) in [6.07, 6.45) is 4.92. The van der Waals surface area contributed by atoms with Crippen LogP contribution in [-0.2, 0) is 6.42 Å². The molecule has 0 saturated heterocycles. The van der Waals surface area contributed by atoms with Gasteiger partial charge in [-0.15, -0.1) is 0 Å². The van der Waals surface area contributed by atoms with Gasteiger partial charge in [0.15, 0.2) is 0 Å². The predicted molar refractivity (Wildman–Crippen MR) is 123 cm³/mol. The molecule has 0 spiro atoms. The number of nitrogens with zero attached hydrogens (tertiary/aromatic N) is 2. The molecule has 4 heteroatoms. The Morgan fingerprint density at radius 2 is 1.81 bits per heavy atom. The van der Waals surface area contributed by atoms with Gasteiger partial charge in [-0.1, -0.05) is 55.0 Å². The summed E-state index contributed by atoms with van der Waals surface area (Å²) in [6.45, 7) is 4.34. The van der Waals surface area contributed by atoms with E-state index < -0.39 is 6.10 Å². The van der Waals surface area contributed by atoms with Gasteiger partial charge in [-0.3, -0.25) is 0 Å². The van der Waals surface area contributed by atoms with E-state index in [0.29, 0.717) is 6.42 Å². The molecule has 3 nitrogen and oxygen atoms in total. The van der Waals surface area contributed by atoms with Crippen LogP contribution in [0.25, 0.3) is 22.5 Å². The highest BCUT2D eigenvalue weighted by atomic mass is 19.1. The fourth-order valence-electron chi connectivity index (χ4n) is 4.72. The largest absolute Gasteiger partial charge is 0.388 e. The number of allylic oxidation sites excluding steroid dienone is 1. The van der Waals surface area contributed by atoms with Gasteiger partial charge in [-0.2, -0.15) is 5.10 Å². The average molecular weight is 413 g/mol. The summed E-state index contributed by atoms with van der Waals surface area (Å²) >= 11 is 0. The number of hydrogen-bond acceptors (Lipinski definition) is 2. The van der Waals surface area contributed by atoms with E-state index in [9.17, 15) is 9.50 Å². The molecule has 0 amide bonds. The topological polar surface area (TPSA) is 38.0 Å². The number of rotatable bonds is 4. The first-order chi connectivity index (χ1) is 14.9. The van der Waals surface area contributed by atoms with Crippen molar-refractivity contribution in [2.24, 2.45) is 5.41 Å². The number of hydrogen-bond donors (Lipinski definition) is 1. The Labute approximate surface area is 181 Å². The third kappa shape index (κ3) is 3.47. The van der Waals surface area contributed by atoms with Crippen molar-refractivity contribution in [1.82, 2.24) is 9.78 Å². The normalized spacial score (nSPS) is 19.2. The summed E-state index contributed by atoms with van der Waals surface area (Å²) in [6, 6.07) is 20.7. The zero-order chi connectivity index (χ0) is 21.6. The van der Waals surface area contributed by atoms with Crippen LogP contribution in [0.3, 0.4) is 0 Å². The van der Waals surface area contributed by atoms with Crippen LogP contribution < -0.4 is 0 Å². The second-order valence-electron chi connectivity index (χ2n) is 8.80. The molecule has 0 aliphatic heterocycles. The van der Waals surface area contributed by atoms with E-state index in [1.165, 1.54) is 17.7 Å². The van der Waals surface area contributed by atoms with E-state index >= 15 is 0 Å². The highest BCUT2D eigenvalue weighted by molar-refractivity contribution is 5.86. The summed E-state index contributed by atoms with van der Waals surface area (Å²) in [5.41, 5.74) is 5.01. The second-order valence-corrected chi connectivity index (χ2v) is 8.80. The molecule has 4 aromatic rings. The van der Waals surface area contributed by atoms with Gasteiger partial charge >= 0.3 is 0 Å². The van der Waals surface area contributed by atoms with Gasteiger partial charge in [0.05, 0.1) is 23.7 Å². The Bertz CT molecular complexity index is 1280. The molecule has 1 aliphatic carbocycles. The molecule has 1 unspecified atom stereocenters. The van der Waals surface area contributed by atoms with Crippen LogP contribution in [0.1, 0.15) is 43.2 Å². The Morgan fingerprint density at radius 1 is 1.06 bits per heavy atom. The summed E-state index contributed by atoms with van der Waals surface area (Å²) < 4.78 is 15.2. The molecule has 156 valence electrons. The Kier molecular flexibility index (Phi) is 4.75. The van der Waals surface area contributed by atoms with E-state index in [-0.39, 0.29) is 11.2 Å². The van der Waals surface area contributed by atoms with Crippen molar-refractivity contribution in [2.45, 2.75) is 32.8 Å². The van der Waals surface area contributed by atoms with E-state index in [4.69, 9.17) is 0 Å². The number of fused-ring (bicyclic) bond motifs is 2. The number of halogens is 1. The molecule has 0 radical (unpaired) electrons. The smallest absolute Gasteiger partial charge is 0.123 e. The lowest BCUT2D eigenvalue weighted by Crippen LogP contribution is -2.27. The molecule has 0 bridgehead atoms. The lowest BCUT2D eigenvalue weighted by atomic mass is 9.70. The zero-order valence-corrected chi connectivity index (χ0v) is 17.7. The SMILES string of the molecule is CC1=Cc2c(cnn2-c2ccc(F)cc2)C[C@]1(C)CC(O)c1cccc2ccccc12. The molecule has 0 saturated carbocycles. The van der Waals surface area contributed by atoms with Gasteiger partial charge in [-0.05, 0) is 77.4 Å². The highest BCUT2D eigenvalue weighted by Gasteiger charge is 2.35. The minimum atomic E-state index is -0.562. The third-order valence-electron chi connectivity index (χ3n) is 6.67. The van der Waals surface area contributed by atoms with Crippen LogP contribution in [0.15, 0.2) is 78.5 Å². The van der Waals surface area contributed by atoms with Crippen LogP contribution in [0.2, 0.25) is 0 Å². The van der Waals surface area contributed by atoms with Crippen LogP contribution in [0, 0.1) is 11.2 Å². The van der Waals surface area contributed by atoms with E-state index in [2.05, 4.69) is 43.2 Å². The fraction of sp³-hybridized carbons (Fsp3) is 0.222. The molecule has 1 aliphatic rings. The standard InChI is InChI=1S/C27H25FN2O/c1-18-14-25-20(17-29-30(25)22-12-10-21(28)11-13-22)15-27(18,2)16-26(31)24-9-5-7-19-6-3-4-8-23(19)24/h3-14,17,26,31H,15-16H2,1-2H3/t26?,27-/m1/s1. The van der Waals surface area contributed by atoms with Gasteiger partial charge in [0.1, 0.15) is 5.82 Å². The van der Waals surface area contributed by atoms with Crippen molar-refractivity contribution < 1.29 is 9.50 Å². The fourth-order valence-corrected chi connectivity index (χ4v) is 4.72. The number of benzene rings is 3. The van der Waals surface area contributed by atoms with Gasteiger partial charge in [-0.25, -0.2) is 9.07 Å². The van der Waals surface area contributed by atoms with Gasteiger partial charge in [0.25, 0.3) is 0 Å². The molecular weight excluding hydrogens is 387 g/mol. The first-order valence-corrected chi connectivity index (χ1v) is 10.6. The molecular formula is C27H25FN2O. The van der Waals surface area contributed by atoms with Gasteiger partial charge in [0, 0.05) is 0 Å². The van der Waals surface area contributed by atoms with Gasteiger partial charge < -0.3 is 5.11 Å². The zero-order valence-electron chi connectivity index (χ0n) is 17.7. The maximum Gasteiger partial charge on any atom is 0.123 e. The summed E-state index contributed by atoms with van der Waals surface area (Å²) in [5, 5.41) is 18.0. The minimum Gasteiger partial charge on any atom is -0.388 e. The van der Waals surface area contributed by atoms with Crippen LogP contribution in [0.5, 0.6) is 0 Å². The average Bonchev–Trinajstić information content (AvgIpc) is 3.16. The first kappa shape index (κ1) is 19.7. The van der Waals surface area contributed by atoms with Crippen molar-refractivity contribution in [3.63, 3.8) is 0 Å². The van der Waals surface area contributed by atoms with Crippen LogP contribution in [0.4, 0.5) is 4.39 Å². The Hall–Kier alpha value is -3.24. The lowest BCUT2D eigenvalue weighted by Gasteiger charge is -2.36. The lowest BCUT2D eigenvalue weighted by molar-refractivity contribution is 0.122. The summed E-state index contributed by atoms with van der Waals surface area (Å²) in [5.74, 6) is -0.258. The number of aliphatic hydroxyl groups is 1. The highest BCUT2D eigenvalue weighted by Crippen LogP contribution is 2.45. The molecule has 3 aromatic carbocycles. The van der Waals surface area contributed by atoms with Crippen molar-refractivity contribution in [1.29, 1.82) is 0 Å². The molecule has 2 atom stereocenters. The molecule has 1 N–H and O–H groups in total. The minimum absolute atomic E-state index is 0.181. The monoisotopic (exact) mass is 412 g/mol. The Balaban J connectivity index is 1.46. The van der Waals surface area contributed by atoms with Crippen molar-refractivity contribution in [3.05, 3.63) is 101 Å². The molecule has 1 heterocycles. The van der Waals surface area contributed by atoms with E-state index in [0.717, 1.165) is 39.7 Å². The number of aromatic nitrogens is 2. The van der Waals surface area contributed by atoms with E-state index in [1.807, 2.05) is 35.1 Å². The maximum absolute atomic E-state index is 13.3. The summed E-state index contributed by atoms with van der Waals surface area (Å²) in [4.78, 5) is 0. The second kappa shape index (κ2) is 7.47. The van der Waals surface area contributed by atoms with Crippen molar-refractivity contribution >= 4 is 16.8 Å². The molecule has 1 aromatic heterocycles.